The van der Waals surface area contributed by atoms with E-state index in [4.69, 9.17) is 23.7 Å². The highest BCUT2D eigenvalue weighted by atomic mass is 16.7. The largest absolute Gasteiger partial charge is 0.465 e. The molecule has 53 heavy (non-hydrogen) atoms. The van der Waals surface area contributed by atoms with E-state index >= 15 is 14.4 Å². The number of hydrogen-bond donors (Lipinski definition) is 0. The van der Waals surface area contributed by atoms with Gasteiger partial charge in [-0.25, -0.2) is 9.69 Å². The van der Waals surface area contributed by atoms with Crippen LogP contribution in [0, 0.1) is 11.8 Å². The second-order valence-corrected chi connectivity index (χ2v) is 13.6. The molecule has 2 amide bonds. The summed E-state index contributed by atoms with van der Waals surface area (Å²) in [6, 6.07) is 35.7. The summed E-state index contributed by atoms with van der Waals surface area (Å²) < 4.78 is 28.1. The minimum atomic E-state index is -1.65. The molecular weight excluding hydrogens is 674 g/mol. The molecule has 1 saturated heterocycles. The fourth-order valence-corrected chi connectivity index (χ4v) is 9.37. The first-order valence-corrected chi connectivity index (χ1v) is 17.2. The van der Waals surface area contributed by atoms with Crippen LogP contribution in [0.5, 0.6) is 23.0 Å². The van der Waals surface area contributed by atoms with Gasteiger partial charge in [-0.3, -0.25) is 14.4 Å². The van der Waals surface area contributed by atoms with Gasteiger partial charge in [0.25, 0.3) is 0 Å². The van der Waals surface area contributed by atoms with Crippen molar-refractivity contribution in [1.29, 1.82) is 0 Å². The Morgan fingerprint density at radius 1 is 0.604 bits per heavy atom. The number of carbonyl (C=O) groups excluding carboxylic acids is 4. The predicted octanol–water partition coefficient (Wildman–Crippen LogP) is 6.12. The summed E-state index contributed by atoms with van der Waals surface area (Å²) in [5.41, 5.74) is 0.695. The Hall–Kier alpha value is -6.68. The first-order valence-electron chi connectivity index (χ1n) is 17.2. The van der Waals surface area contributed by atoms with Crippen LogP contribution in [-0.2, 0) is 30.0 Å². The number of rotatable bonds is 6. The van der Waals surface area contributed by atoms with Gasteiger partial charge in [-0.2, -0.15) is 0 Å². The maximum atomic E-state index is 16.2. The number of benzene rings is 5. The Balaban J connectivity index is 1.34. The van der Waals surface area contributed by atoms with Gasteiger partial charge in [-0.15, -0.1) is 0 Å². The summed E-state index contributed by atoms with van der Waals surface area (Å²) in [5.74, 6) is -2.18. The van der Waals surface area contributed by atoms with E-state index in [0.717, 1.165) is 4.90 Å². The molecule has 0 unspecified atom stereocenters. The quantitative estimate of drug-likeness (QED) is 0.152. The zero-order valence-electron chi connectivity index (χ0n) is 28.2. The topological polar surface area (TPSA) is 118 Å². The molecule has 0 radical (unpaired) electrons. The lowest BCUT2D eigenvalue weighted by atomic mass is 9.59. The van der Waals surface area contributed by atoms with Crippen molar-refractivity contribution in [3.63, 3.8) is 0 Å². The van der Waals surface area contributed by atoms with Crippen LogP contribution in [0.3, 0.4) is 0 Å². The SMILES string of the molecule is COC(=O)c1cccc(N2C(=O)[C@@H]3[C@H](C2=O)[C@@]2(c4ccccc4)C(=O)[C@@]3(c3ccccc3)C(c3ccc4c(c3)OCO4)=C2c2ccc3c(c2)OCO3)c1. The van der Waals surface area contributed by atoms with Crippen LogP contribution in [0.2, 0.25) is 0 Å². The fourth-order valence-electron chi connectivity index (χ4n) is 9.37. The summed E-state index contributed by atoms with van der Waals surface area (Å²) in [4.78, 5) is 60.7. The standard InChI is InChI=1S/C43H29NO9/c1-49-40(47)26-9-8-14-29(19-26)44-38(45)36-37(39(44)46)43(28-12-6-3-7-13-28)35(25-16-18-31-33(21-25)53-23-51-31)34(24-15-17-30-32(20-24)52-22-50-30)42(36,41(43)48)27-10-4-2-5-11-27/h2-21,36-37H,22-23H2,1H3/t36-,37+,42-,43-/m0/s1. The molecule has 260 valence electrons. The molecule has 0 aromatic heterocycles. The number of carbonyl (C=O) groups is 4. The zero-order valence-corrected chi connectivity index (χ0v) is 28.2. The second kappa shape index (κ2) is 11.2. The van der Waals surface area contributed by atoms with Crippen molar-refractivity contribution in [2.45, 2.75) is 10.8 Å². The van der Waals surface area contributed by atoms with Gasteiger partial charge < -0.3 is 23.7 Å². The number of methoxy groups -OCH3 is 1. The van der Waals surface area contributed by atoms with Gasteiger partial charge in [-0.05, 0) is 75.9 Å². The zero-order chi connectivity index (χ0) is 36.1. The molecule has 10 nitrogen and oxygen atoms in total. The number of imide groups is 1. The average Bonchev–Trinajstić information content (AvgIpc) is 4.01. The van der Waals surface area contributed by atoms with Crippen molar-refractivity contribution in [2.24, 2.45) is 11.8 Å². The van der Waals surface area contributed by atoms with E-state index in [1.54, 1.807) is 30.3 Å². The van der Waals surface area contributed by atoms with Gasteiger partial charge in [0.1, 0.15) is 0 Å². The van der Waals surface area contributed by atoms with Crippen LogP contribution in [0.4, 0.5) is 5.69 Å². The van der Waals surface area contributed by atoms with Crippen molar-refractivity contribution in [3.05, 3.63) is 149 Å². The van der Waals surface area contributed by atoms with Crippen LogP contribution in [-0.4, -0.2) is 44.3 Å². The maximum Gasteiger partial charge on any atom is 0.337 e. The number of nitrogens with zero attached hydrogens (tertiary/aromatic N) is 1. The summed E-state index contributed by atoms with van der Waals surface area (Å²) in [6.07, 6.45) is 0. The lowest BCUT2D eigenvalue weighted by Gasteiger charge is -2.39. The van der Waals surface area contributed by atoms with Gasteiger partial charge in [0, 0.05) is 0 Å². The number of anilines is 1. The summed E-state index contributed by atoms with van der Waals surface area (Å²) in [6.45, 7) is 0.0850. The van der Waals surface area contributed by atoms with Gasteiger partial charge >= 0.3 is 5.97 Å². The van der Waals surface area contributed by atoms with Gasteiger partial charge in [-0.1, -0.05) is 78.9 Å². The molecule has 5 aliphatic rings. The molecular formula is C43H29NO9. The van der Waals surface area contributed by atoms with Gasteiger partial charge in [0.2, 0.25) is 25.4 Å². The van der Waals surface area contributed by atoms with Crippen molar-refractivity contribution in [2.75, 3.05) is 25.6 Å². The molecule has 4 atom stereocenters. The molecule has 0 N–H and O–H groups in total. The van der Waals surface area contributed by atoms with Crippen molar-refractivity contribution in [1.82, 2.24) is 0 Å². The Kier molecular flexibility index (Phi) is 6.54. The number of ketones is 1. The minimum absolute atomic E-state index is 0.0425. The number of ether oxygens (including phenoxy) is 5. The Labute approximate surface area is 303 Å². The molecule has 0 spiro atoms. The maximum absolute atomic E-state index is 16.2. The molecule has 5 aromatic rings. The highest BCUT2D eigenvalue weighted by Crippen LogP contribution is 2.74. The molecule has 1 saturated carbocycles. The highest BCUT2D eigenvalue weighted by Gasteiger charge is 2.82. The van der Waals surface area contributed by atoms with E-state index in [1.807, 2.05) is 84.9 Å². The van der Waals surface area contributed by atoms with Crippen LogP contribution in [0.15, 0.2) is 121 Å². The first kappa shape index (κ1) is 31.1. The number of allylic oxidation sites excluding steroid dienone is 2. The number of Topliss-reactive ketones (excluding diaryl/α,β-unsaturated/α-hetero) is 1. The Morgan fingerprint density at radius 3 is 1.58 bits per heavy atom. The van der Waals surface area contributed by atoms with Gasteiger partial charge in [0.15, 0.2) is 28.8 Å². The van der Waals surface area contributed by atoms with Crippen LogP contribution in [0.25, 0.3) is 11.1 Å². The number of esters is 1. The van der Waals surface area contributed by atoms with E-state index in [-0.39, 0.29) is 30.6 Å². The van der Waals surface area contributed by atoms with E-state index in [9.17, 15) is 4.79 Å². The summed E-state index contributed by atoms with van der Waals surface area (Å²) >= 11 is 0. The van der Waals surface area contributed by atoms with E-state index in [2.05, 4.69) is 0 Å². The average molecular weight is 704 g/mol. The molecule has 10 heteroatoms. The van der Waals surface area contributed by atoms with Crippen LogP contribution >= 0.6 is 0 Å². The van der Waals surface area contributed by atoms with E-state index in [1.165, 1.54) is 13.2 Å². The van der Waals surface area contributed by atoms with Crippen molar-refractivity contribution < 1.29 is 42.9 Å². The van der Waals surface area contributed by atoms with Gasteiger partial charge in [0.05, 0.1) is 41.0 Å². The minimum Gasteiger partial charge on any atom is -0.465 e. The number of amides is 2. The third kappa shape index (κ3) is 3.92. The normalized spacial score (nSPS) is 24.6. The number of hydrogen-bond acceptors (Lipinski definition) is 9. The summed E-state index contributed by atoms with van der Waals surface area (Å²) in [7, 11) is 1.27. The molecule has 3 aliphatic heterocycles. The smallest absolute Gasteiger partial charge is 0.337 e. The predicted molar refractivity (Wildman–Crippen MR) is 190 cm³/mol. The van der Waals surface area contributed by atoms with E-state index in [0.29, 0.717) is 56.4 Å². The highest BCUT2D eigenvalue weighted by molar-refractivity contribution is 6.39. The van der Waals surface area contributed by atoms with Crippen LogP contribution < -0.4 is 23.8 Å². The van der Waals surface area contributed by atoms with E-state index < -0.39 is 40.4 Å². The molecule has 3 heterocycles. The Bertz CT molecular complexity index is 2320. The monoisotopic (exact) mass is 703 g/mol. The Morgan fingerprint density at radius 2 is 1.09 bits per heavy atom. The second-order valence-electron chi connectivity index (χ2n) is 13.6. The van der Waals surface area contributed by atoms with Crippen molar-refractivity contribution >= 4 is 40.4 Å². The lowest BCUT2D eigenvalue weighted by Crippen LogP contribution is -2.45. The third-order valence-electron chi connectivity index (χ3n) is 11.3. The molecule has 2 fully saturated rings. The van der Waals surface area contributed by atoms with Crippen molar-refractivity contribution in [3.8, 4) is 23.0 Å². The van der Waals surface area contributed by atoms with Crippen LogP contribution in [0.1, 0.15) is 32.6 Å². The third-order valence-corrected chi connectivity index (χ3v) is 11.3. The molecule has 5 aromatic carbocycles. The molecule has 10 rings (SSSR count). The fraction of sp³-hybridized carbons (Fsp3) is 0.163. The molecule has 2 aliphatic carbocycles. The summed E-state index contributed by atoms with van der Waals surface area (Å²) in [5, 5.41) is 0. The molecule has 2 bridgehead atoms. The first-order chi connectivity index (χ1) is 25.9. The number of fused-ring (bicyclic) bond motifs is 7. The lowest BCUT2D eigenvalue weighted by molar-refractivity contribution is -0.130.